The van der Waals surface area contributed by atoms with Crippen molar-refractivity contribution in [2.45, 2.75) is 44.7 Å². The van der Waals surface area contributed by atoms with E-state index in [1.165, 1.54) is 19.3 Å². The van der Waals surface area contributed by atoms with E-state index in [0.717, 1.165) is 29.5 Å². The summed E-state index contributed by atoms with van der Waals surface area (Å²) in [6, 6.07) is 16.1. The molecule has 2 aromatic carbocycles. The van der Waals surface area contributed by atoms with Gasteiger partial charge in [0.1, 0.15) is 0 Å². The number of rotatable bonds is 6. The molecule has 0 radical (unpaired) electrons. The first-order valence-corrected chi connectivity index (χ1v) is 10.0. The minimum absolute atomic E-state index is 0.00845. The first-order chi connectivity index (χ1) is 13.6. The van der Waals surface area contributed by atoms with E-state index in [2.05, 4.69) is 11.4 Å². The molecule has 28 heavy (non-hydrogen) atoms. The topological polar surface area (TPSA) is 75.4 Å². The molecule has 0 bridgehead atoms. The Morgan fingerprint density at radius 2 is 1.75 bits per heavy atom. The molecular formula is C23H29N3O2. The molecule has 1 saturated carbocycles. The molecule has 0 atom stereocenters. The Labute approximate surface area is 166 Å². The van der Waals surface area contributed by atoms with Gasteiger partial charge in [-0.05, 0) is 47.7 Å². The maximum atomic E-state index is 12.5. The minimum atomic E-state index is -0.0845. The maximum absolute atomic E-state index is 12.5. The molecular weight excluding hydrogens is 350 g/mol. The van der Waals surface area contributed by atoms with Crippen LogP contribution in [0.5, 0.6) is 0 Å². The van der Waals surface area contributed by atoms with Gasteiger partial charge in [0.05, 0.1) is 6.54 Å². The number of likely N-dealkylation sites (N-methyl/N-ethyl adjacent to an activating group) is 1. The Morgan fingerprint density at radius 3 is 2.43 bits per heavy atom. The quantitative estimate of drug-likeness (QED) is 0.808. The van der Waals surface area contributed by atoms with Gasteiger partial charge >= 0.3 is 0 Å². The highest BCUT2D eigenvalue weighted by Crippen LogP contribution is 2.22. The van der Waals surface area contributed by atoms with E-state index in [1.807, 2.05) is 42.5 Å². The molecule has 5 nitrogen and oxygen atoms in total. The van der Waals surface area contributed by atoms with Crippen molar-refractivity contribution >= 4 is 11.8 Å². The Bertz CT molecular complexity index is 811. The second kappa shape index (κ2) is 9.51. The van der Waals surface area contributed by atoms with Crippen LogP contribution in [0.2, 0.25) is 0 Å². The molecule has 148 valence electrons. The van der Waals surface area contributed by atoms with E-state index in [0.29, 0.717) is 18.2 Å². The van der Waals surface area contributed by atoms with Crippen LogP contribution in [0.25, 0.3) is 11.1 Å². The lowest BCUT2D eigenvalue weighted by Gasteiger charge is -2.22. The van der Waals surface area contributed by atoms with Crippen molar-refractivity contribution in [3.8, 4) is 11.1 Å². The van der Waals surface area contributed by atoms with Gasteiger partial charge in [0.15, 0.2) is 0 Å². The molecule has 0 aromatic heterocycles. The first-order valence-electron chi connectivity index (χ1n) is 10.0. The second-order valence-electron chi connectivity index (χ2n) is 7.54. The van der Waals surface area contributed by atoms with E-state index >= 15 is 0 Å². The van der Waals surface area contributed by atoms with Gasteiger partial charge in [0, 0.05) is 25.2 Å². The first kappa shape index (κ1) is 20.1. The van der Waals surface area contributed by atoms with Crippen molar-refractivity contribution in [1.29, 1.82) is 0 Å². The zero-order chi connectivity index (χ0) is 19.9. The zero-order valence-corrected chi connectivity index (χ0v) is 16.5. The van der Waals surface area contributed by atoms with Gasteiger partial charge in [-0.3, -0.25) is 9.59 Å². The van der Waals surface area contributed by atoms with Crippen molar-refractivity contribution in [2.24, 2.45) is 5.73 Å². The number of hydrogen-bond acceptors (Lipinski definition) is 3. The molecule has 2 aromatic rings. The highest BCUT2D eigenvalue weighted by atomic mass is 16.2. The predicted octanol–water partition coefficient (Wildman–Crippen LogP) is 3.33. The van der Waals surface area contributed by atoms with Gasteiger partial charge in [-0.15, -0.1) is 0 Å². The average molecular weight is 380 g/mol. The number of nitrogens with one attached hydrogen (secondary N) is 1. The van der Waals surface area contributed by atoms with Crippen LogP contribution in [0.15, 0.2) is 48.5 Å². The van der Waals surface area contributed by atoms with Crippen LogP contribution < -0.4 is 11.1 Å². The molecule has 0 spiro atoms. The Balaban J connectivity index is 1.66. The van der Waals surface area contributed by atoms with Crippen molar-refractivity contribution in [3.05, 3.63) is 59.7 Å². The fourth-order valence-corrected chi connectivity index (χ4v) is 3.70. The predicted molar refractivity (Wildman–Crippen MR) is 112 cm³/mol. The van der Waals surface area contributed by atoms with Crippen LogP contribution in [-0.4, -0.2) is 36.3 Å². The fraction of sp³-hybridized carbons (Fsp3) is 0.391. The molecule has 0 heterocycles. The zero-order valence-electron chi connectivity index (χ0n) is 16.5. The van der Waals surface area contributed by atoms with Crippen molar-refractivity contribution in [3.63, 3.8) is 0 Å². The van der Waals surface area contributed by atoms with Gasteiger partial charge in [-0.2, -0.15) is 0 Å². The van der Waals surface area contributed by atoms with Gasteiger partial charge in [0.2, 0.25) is 5.91 Å². The lowest BCUT2D eigenvalue weighted by Crippen LogP contribution is -2.36. The average Bonchev–Trinajstić information content (AvgIpc) is 2.74. The van der Waals surface area contributed by atoms with Gasteiger partial charge in [-0.25, -0.2) is 0 Å². The normalized spacial score (nSPS) is 14.5. The smallest absolute Gasteiger partial charge is 0.251 e. The molecule has 5 heteroatoms. The molecule has 0 aliphatic heterocycles. The summed E-state index contributed by atoms with van der Waals surface area (Å²) in [5.74, 6) is -0.0761. The van der Waals surface area contributed by atoms with Crippen molar-refractivity contribution in [2.75, 3.05) is 13.6 Å². The van der Waals surface area contributed by atoms with Crippen LogP contribution in [0, 0.1) is 0 Å². The lowest BCUT2D eigenvalue weighted by molar-refractivity contribution is -0.128. The number of nitrogens with zero attached hydrogens (tertiary/aromatic N) is 1. The summed E-state index contributed by atoms with van der Waals surface area (Å²) in [6.07, 6.45) is 5.84. The second-order valence-corrected chi connectivity index (χ2v) is 7.54. The molecule has 1 aliphatic rings. The van der Waals surface area contributed by atoms with Crippen molar-refractivity contribution in [1.82, 2.24) is 10.2 Å². The summed E-state index contributed by atoms with van der Waals surface area (Å²) in [5.41, 5.74) is 9.26. The molecule has 2 amide bonds. The molecule has 3 rings (SSSR count). The Hall–Kier alpha value is -2.66. The highest BCUT2D eigenvalue weighted by molar-refractivity contribution is 5.94. The van der Waals surface area contributed by atoms with Crippen molar-refractivity contribution < 1.29 is 9.59 Å². The summed E-state index contributed by atoms with van der Waals surface area (Å²) in [6.45, 7) is 0.534. The Kier molecular flexibility index (Phi) is 6.82. The van der Waals surface area contributed by atoms with Gasteiger partial charge in [-0.1, -0.05) is 49.6 Å². The van der Waals surface area contributed by atoms with E-state index in [4.69, 9.17) is 5.73 Å². The third-order valence-electron chi connectivity index (χ3n) is 5.37. The van der Waals surface area contributed by atoms with E-state index in [1.54, 1.807) is 11.9 Å². The van der Waals surface area contributed by atoms with E-state index < -0.39 is 0 Å². The lowest BCUT2D eigenvalue weighted by atomic mass is 9.95. The Morgan fingerprint density at radius 1 is 1.04 bits per heavy atom. The monoisotopic (exact) mass is 379 g/mol. The number of carbonyl (C=O) groups excluding carboxylic acids is 2. The van der Waals surface area contributed by atoms with Crippen LogP contribution in [0.4, 0.5) is 0 Å². The fourth-order valence-electron chi connectivity index (χ4n) is 3.70. The van der Waals surface area contributed by atoms with Crippen LogP contribution >= 0.6 is 0 Å². The minimum Gasteiger partial charge on any atom is -0.349 e. The summed E-state index contributed by atoms with van der Waals surface area (Å²) in [7, 11) is 1.75. The summed E-state index contributed by atoms with van der Waals surface area (Å²) < 4.78 is 0. The van der Waals surface area contributed by atoms with E-state index in [9.17, 15) is 9.59 Å². The molecule has 1 aliphatic carbocycles. The summed E-state index contributed by atoms with van der Waals surface area (Å²) in [4.78, 5) is 25.8. The number of amides is 2. The van der Waals surface area contributed by atoms with Crippen LogP contribution in [0.3, 0.4) is 0 Å². The molecule has 0 saturated heterocycles. The molecule has 0 unspecified atom stereocenters. The number of hydrogen-bond donors (Lipinski definition) is 2. The largest absolute Gasteiger partial charge is 0.349 e. The van der Waals surface area contributed by atoms with Gasteiger partial charge < -0.3 is 16.0 Å². The van der Waals surface area contributed by atoms with Crippen LogP contribution in [-0.2, 0) is 11.3 Å². The molecule has 1 fully saturated rings. The maximum Gasteiger partial charge on any atom is 0.251 e. The van der Waals surface area contributed by atoms with Gasteiger partial charge in [0.25, 0.3) is 5.91 Å². The van der Waals surface area contributed by atoms with E-state index in [-0.39, 0.29) is 18.4 Å². The molecule has 3 N–H and O–H groups in total. The third-order valence-corrected chi connectivity index (χ3v) is 5.37. The summed E-state index contributed by atoms with van der Waals surface area (Å²) in [5, 5.41) is 3.15. The number of nitrogens with two attached hydrogens (primary N) is 1. The SMILES string of the molecule is CN(Cc1cccc(-c2ccc(C(=O)NC3CCCCC3)cc2)c1)C(=O)CN. The third kappa shape index (κ3) is 5.20. The standard InChI is InChI=1S/C23H29N3O2/c1-26(22(27)15-24)16-17-6-5-7-20(14-17)18-10-12-19(13-11-18)23(28)25-21-8-3-2-4-9-21/h5-7,10-14,21H,2-4,8-9,15-16,24H2,1H3,(H,25,28). The highest BCUT2D eigenvalue weighted by Gasteiger charge is 2.16. The number of benzene rings is 2. The summed E-state index contributed by atoms with van der Waals surface area (Å²) >= 11 is 0. The number of carbonyl (C=O) groups is 2. The van der Waals surface area contributed by atoms with Crippen LogP contribution in [0.1, 0.15) is 48.0 Å².